The third-order valence-electron chi connectivity index (χ3n) is 7.46. The van der Waals surface area contributed by atoms with Gasteiger partial charge in [-0.05, 0) is 55.3 Å². The molecule has 0 radical (unpaired) electrons. The highest BCUT2D eigenvalue weighted by molar-refractivity contribution is 6.30. The lowest BCUT2D eigenvalue weighted by molar-refractivity contribution is -0.141. The third kappa shape index (κ3) is 9.21. The Kier molecular flexibility index (Phi) is 12.4. The molecule has 0 saturated carbocycles. The number of methoxy groups -OCH3 is 3. The molecule has 6 N–H and O–H groups in total. The zero-order chi connectivity index (χ0) is 35.5. The van der Waals surface area contributed by atoms with E-state index in [1.54, 1.807) is 36.4 Å². The Bertz CT molecular complexity index is 1780. The van der Waals surface area contributed by atoms with Gasteiger partial charge < -0.3 is 29.8 Å². The van der Waals surface area contributed by atoms with Crippen molar-refractivity contribution in [2.24, 2.45) is 16.0 Å². The fraction of sp³-hybridized carbons (Fsp3) is 0.281. The van der Waals surface area contributed by atoms with Crippen molar-refractivity contribution >= 4 is 71.7 Å². The molecular formula is C32H36ClN9O7. The lowest BCUT2D eigenvalue weighted by atomic mass is 10.0. The summed E-state index contributed by atoms with van der Waals surface area (Å²) in [6.45, 7) is 3.29. The van der Waals surface area contributed by atoms with Crippen molar-refractivity contribution in [1.29, 1.82) is 0 Å². The number of nitrogens with one attached hydrogen (secondary N) is 4. The van der Waals surface area contributed by atoms with Gasteiger partial charge in [0.05, 0.1) is 33.1 Å². The first-order valence-electron chi connectivity index (χ1n) is 14.9. The third-order valence-corrected chi connectivity index (χ3v) is 7.69. The van der Waals surface area contributed by atoms with Gasteiger partial charge >= 0.3 is 18.0 Å². The first kappa shape index (κ1) is 36.1. The van der Waals surface area contributed by atoms with Gasteiger partial charge in [0, 0.05) is 40.3 Å². The zero-order valence-corrected chi connectivity index (χ0v) is 27.7. The number of hydrogen-bond donors (Lipinski definition) is 5. The van der Waals surface area contributed by atoms with Crippen molar-refractivity contribution < 1.29 is 33.4 Å². The van der Waals surface area contributed by atoms with Crippen LogP contribution < -0.4 is 26.8 Å². The van der Waals surface area contributed by atoms with E-state index < -0.39 is 36.0 Å². The van der Waals surface area contributed by atoms with E-state index in [0.717, 1.165) is 0 Å². The van der Waals surface area contributed by atoms with Crippen LogP contribution in [0.3, 0.4) is 0 Å². The van der Waals surface area contributed by atoms with Crippen molar-refractivity contribution in [2.75, 3.05) is 37.0 Å². The van der Waals surface area contributed by atoms with Crippen molar-refractivity contribution in [3.8, 4) is 11.3 Å². The van der Waals surface area contributed by atoms with Gasteiger partial charge in [-0.2, -0.15) is 5.10 Å². The Balaban J connectivity index is 1.74. The molecule has 2 aromatic carbocycles. The summed E-state index contributed by atoms with van der Waals surface area (Å²) < 4.78 is 14.8. The highest BCUT2D eigenvalue weighted by Gasteiger charge is 2.29. The molecule has 0 fully saturated rings. The first-order chi connectivity index (χ1) is 23.6. The highest BCUT2D eigenvalue weighted by atomic mass is 35.5. The van der Waals surface area contributed by atoms with Crippen molar-refractivity contribution in [3.63, 3.8) is 0 Å². The van der Waals surface area contributed by atoms with E-state index in [1.807, 2.05) is 0 Å². The van der Waals surface area contributed by atoms with Gasteiger partial charge in [-0.1, -0.05) is 24.4 Å². The molecule has 2 heterocycles. The van der Waals surface area contributed by atoms with E-state index in [1.165, 1.54) is 44.8 Å². The second-order valence-corrected chi connectivity index (χ2v) is 11.0. The summed E-state index contributed by atoms with van der Waals surface area (Å²) in [5, 5.41) is 17.4. The van der Waals surface area contributed by atoms with Gasteiger partial charge in [0.2, 0.25) is 5.91 Å². The summed E-state index contributed by atoms with van der Waals surface area (Å²) >= 11 is 6.21. The standard InChI is InChI=1S/C32H36ClN9O7/c1-35-36-17-42(34)25-13-10-19(33)15-18(25)9-14-26(43)39-22-7-5-6-8-23(30(44)47-2)38-24-16-20(37-32(46)49-4)11-12-21(24)27-28(31(45)48-3)41-29(22)40-27/h9-17,22-23,38H,1,5-8,34H2,2-4H3,(H,37,46)(H,39,43)(H,40,41)/b14-9+,36-17-/t22-,23+/m0/s1. The van der Waals surface area contributed by atoms with E-state index in [4.69, 9.17) is 36.6 Å². The Morgan fingerprint density at radius 1 is 1.08 bits per heavy atom. The van der Waals surface area contributed by atoms with Crippen LogP contribution in [0.5, 0.6) is 0 Å². The molecule has 2 bridgehead atoms. The largest absolute Gasteiger partial charge is 0.467 e. The van der Waals surface area contributed by atoms with Crippen LogP contribution in [0, 0.1) is 0 Å². The van der Waals surface area contributed by atoms with Crippen LogP contribution >= 0.6 is 11.6 Å². The summed E-state index contributed by atoms with van der Waals surface area (Å²) in [4.78, 5) is 58.9. The van der Waals surface area contributed by atoms with E-state index in [0.29, 0.717) is 64.7 Å². The van der Waals surface area contributed by atoms with Crippen molar-refractivity contribution in [1.82, 2.24) is 15.3 Å². The summed E-state index contributed by atoms with van der Waals surface area (Å²) in [6, 6.07) is 8.24. The number of benzene rings is 2. The summed E-state index contributed by atoms with van der Waals surface area (Å²) in [5.74, 6) is 4.67. The molecule has 0 saturated heterocycles. The number of anilines is 3. The predicted octanol–water partition coefficient (Wildman–Crippen LogP) is 4.42. The summed E-state index contributed by atoms with van der Waals surface area (Å²) in [7, 11) is 3.75. The number of carbonyl (C=O) groups is 4. The van der Waals surface area contributed by atoms with Crippen molar-refractivity contribution in [3.05, 3.63) is 64.6 Å². The Labute approximate surface area is 286 Å². The number of aromatic amines is 1. The van der Waals surface area contributed by atoms with Crippen LogP contribution in [0.2, 0.25) is 5.02 Å². The SMILES string of the molecule is C=N/N=C\N(N)c1ccc(Cl)cc1/C=C/C(=O)N[C@H]1CCCC[C@H](C(=O)OC)Nc2cc(NC(=O)OC)ccc2-c2nc1[nH]c2C(=O)OC. The molecule has 3 aromatic rings. The normalized spacial score (nSPS) is 15.9. The first-order valence-corrected chi connectivity index (χ1v) is 15.3. The Hall–Kier alpha value is -5.74. The monoisotopic (exact) mass is 693 g/mol. The van der Waals surface area contributed by atoms with Gasteiger partial charge in [0.25, 0.3) is 0 Å². The van der Waals surface area contributed by atoms with E-state index in [-0.39, 0.29) is 11.4 Å². The molecule has 17 heteroatoms. The predicted molar refractivity (Wildman–Crippen MR) is 185 cm³/mol. The maximum absolute atomic E-state index is 13.3. The molecule has 0 aliphatic carbocycles. The number of fused-ring (bicyclic) bond motifs is 4. The number of hydrogen-bond acceptors (Lipinski definition) is 12. The number of ether oxygens (including phenoxy) is 3. The number of aromatic nitrogens is 2. The van der Waals surface area contributed by atoms with Gasteiger partial charge in [-0.25, -0.2) is 25.2 Å². The van der Waals surface area contributed by atoms with Crippen LogP contribution in [0.25, 0.3) is 17.3 Å². The van der Waals surface area contributed by atoms with Gasteiger partial charge in [-0.15, -0.1) is 5.10 Å². The van der Waals surface area contributed by atoms with E-state index in [2.05, 4.69) is 37.9 Å². The number of rotatable bonds is 9. The number of nitrogens with zero attached hydrogens (tertiary/aromatic N) is 4. The van der Waals surface area contributed by atoms with Crippen LogP contribution in [0.1, 0.15) is 53.6 Å². The molecular weight excluding hydrogens is 658 g/mol. The maximum Gasteiger partial charge on any atom is 0.411 e. The molecule has 16 nitrogen and oxygen atoms in total. The van der Waals surface area contributed by atoms with Crippen LogP contribution in [-0.4, -0.2) is 74.3 Å². The molecule has 258 valence electrons. The number of H-pyrrole nitrogens is 1. The summed E-state index contributed by atoms with van der Waals surface area (Å²) in [6.07, 6.45) is 5.30. The minimum atomic E-state index is -0.783. The quantitative estimate of drug-likeness (QED) is 0.0402. The molecule has 2 amide bonds. The van der Waals surface area contributed by atoms with Gasteiger partial charge in [0.1, 0.15) is 23.9 Å². The molecule has 1 aliphatic heterocycles. The fourth-order valence-electron chi connectivity index (χ4n) is 5.10. The lowest BCUT2D eigenvalue weighted by Crippen LogP contribution is -2.31. The average molecular weight is 694 g/mol. The number of hydrazine groups is 1. The van der Waals surface area contributed by atoms with Crippen LogP contribution in [0.15, 0.2) is 52.7 Å². The number of nitrogens with two attached hydrogens (primary N) is 1. The number of halogens is 1. The molecule has 0 spiro atoms. The second kappa shape index (κ2) is 16.9. The smallest absolute Gasteiger partial charge is 0.411 e. The molecule has 1 aliphatic rings. The number of esters is 2. The Morgan fingerprint density at radius 3 is 2.57 bits per heavy atom. The second-order valence-electron chi connectivity index (χ2n) is 10.6. The molecule has 0 unspecified atom stereocenters. The number of carbonyl (C=O) groups excluding carboxylic acids is 4. The van der Waals surface area contributed by atoms with E-state index >= 15 is 0 Å². The van der Waals surface area contributed by atoms with Crippen molar-refractivity contribution in [2.45, 2.75) is 37.8 Å². The molecule has 2 atom stereocenters. The summed E-state index contributed by atoms with van der Waals surface area (Å²) in [5.41, 5.74) is 2.35. The lowest BCUT2D eigenvalue weighted by Gasteiger charge is -2.22. The minimum Gasteiger partial charge on any atom is -0.467 e. The average Bonchev–Trinajstić information content (AvgIpc) is 3.54. The van der Waals surface area contributed by atoms with Crippen LogP contribution in [-0.2, 0) is 23.8 Å². The molecule has 4 rings (SSSR count). The van der Waals surface area contributed by atoms with Gasteiger partial charge in [0.15, 0.2) is 5.69 Å². The molecule has 1 aromatic heterocycles. The van der Waals surface area contributed by atoms with E-state index in [9.17, 15) is 19.2 Å². The number of imidazole rings is 1. The maximum atomic E-state index is 13.3. The fourth-order valence-corrected chi connectivity index (χ4v) is 5.29. The highest BCUT2D eigenvalue weighted by Crippen LogP contribution is 2.35. The van der Waals surface area contributed by atoms with Crippen LogP contribution in [0.4, 0.5) is 21.9 Å². The zero-order valence-electron chi connectivity index (χ0n) is 27.0. The topological polar surface area (TPSA) is 215 Å². The molecule has 49 heavy (non-hydrogen) atoms. The Morgan fingerprint density at radius 2 is 1.86 bits per heavy atom. The minimum absolute atomic E-state index is 0.0140. The number of amides is 2. The van der Waals surface area contributed by atoms with Gasteiger partial charge in [-0.3, -0.25) is 15.1 Å².